The molecular formula is C30H58. The van der Waals surface area contributed by atoms with Crippen molar-refractivity contribution in [2.45, 2.75) is 167 Å². The lowest BCUT2D eigenvalue weighted by Gasteiger charge is -2.03. The first-order valence-electron chi connectivity index (χ1n) is 14.1. The van der Waals surface area contributed by atoms with Gasteiger partial charge in [0.05, 0.1) is 0 Å². The quantitative estimate of drug-likeness (QED) is 0.0967. The van der Waals surface area contributed by atoms with Crippen LogP contribution in [0.1, 0.15) is 167 Å². The van der Waals surface area contributed by atoms with E-state index >= 15 is 0 Å². The van der Waals surface area contributed by atoms with Gasteiger partial charge in [-0.25, -0.2) is 0 Å². The lowest BCUT2D eigenvalue weighted by Crippen LogP contribution is -1.84. The first-order valence-corrected chi connectivity index (χ1v) is 14.1. The molecule has 0 aliphatic heterocycles. The monoisotopic (exact) mass is 418 g/mol. The van der Waals surface area contributed by atoms with E-state index in [1.807, 2.05) is 0 Å². The van der Waals surface area contributed by atoms with E-state index in [4.69, 9.17) is 0 Å². The van der Waals surface area contributed by atoms with Gasteiger partial charge >= 0.3 is 0 Å². The standard InChI is InChI=1S/C30H58/c1-3-5-7-9-11-13-15-17-19-21-23-25-27-29-30-28-26-24-22-20-18-16-14-12-10-8-6-4-2/h15,17H,1-14,16,18-30H2/b17-15+. The summed E-state index contributed by atoms with van der Waals surface area (Å²) < 4.78 is 0. The number of rotatable bonds is 26. The minimum atomic E-state index is 1.11. The van der Waals surface area contributed by atoms with Gasteiger partial charge in [-0.2, -0.15) is 0 Å². The molecule has 0 bridgehead atoms. The lowest BCUT2D eigenvalue weighted by molar-refractivity contribution is 0.524. The highest BCUT2D eigenvalue weighted by Gasteiger charge is 1.95. The average Bonchev–Trinajstić information content (AvgIpc) is 2.76. The molecule has 0 heterocycles. The zero-order valence-electron chi connectivity index (χ0n) is 21.0. The summed E-state index contributed by atoms with van der Waals surface area (Å²) in [6, 6.07) is 0. The molecule has 0 aliphatic rings. The lowest BCUT2D eigenvalue weighted by atomic mass is 10.0. The Morgan fingerprint density at radius 2 is 0.467 bits per heavy atom. The maximum absolute atomic E-state index is 3.91. The number of hydrogen-bond donors (Lipinski definition) is 0. The predicted octanol–water partition coefficient (Wildman–Crippen LogP) is 11.4. The van der Waals surface area contributed by atoms with E-state index in [-0.39, 0.29) is 0 Å². The number of allylic oxidation sites excluding steroid dienone is 2. The Labute approximate surface area is 193 Å². The molecular weight excluding hydrogens is 360 g/mol. The molecule has 30 heavy (non-hydrogen) atoms. The van der Waals surface area contributed by atoms with Crippen LogP contribution in [0.2, 0.25) is 0 Å². The average molecular weight is 419 g/mol. The second-order valence-corrected chi connectivity index (χ2v) is 9.53. The molecule has 0 spiro atoms. The van der Waals surface area contributed by atoms with Crippen molar-refractivity contribution < 1.29 is 0 Å². The molecule has 0 aromatic rings. The van der Waals surface area contributed by atoms with E-state index in [0.717, 1.165) is 12.8 Å². The Kier molecular flexibility index (Phi) is 28.5. The topological polar surface area (TPSA) is 0 Å². The Balaban J connectivity index is 3.03. The normalized spacial score (nSPS) is 11.7. The van der Waals surface area contributed by atoms with E-state index < -0.39 is 0 Å². The van der Waals surface area contributed by atoms with E-state index in [1.165, 1.54) is 154 Å². The molecule has 0 unspecified atom stereocenters. The van der Waals surface area contributed by atoms with Crippen LogP contribution < -0.4 is 0 Å². The smallest absolute Gasteiger partial charge is 0.0351 e. The second kappa shape index (κ2) is 28.7. The van der Waals surface area contributed by atoms with Gasteiger partial charge in [-0.15, -0.1) is 0 Å². The van der Waals surface area contributed by atoms with Gasteiger partial charge in [-0.05, 0) is 25.7 Å². The summed E-state index contributed by atoms with van der Waals surface area (Å²) in [5.74, 6) is 0. The minimum Gasteiger partial charge on any atom is -0.0885 e. The summed E-state index contributed by atoms with van der Waals surface area (Å²) in [4.78, 5) is 0. The molecule has 0 rings (SSSR count). The zero-order chi connectivity index (χ0) is 21.8. The number of hydrogen-bond acceptors (Lipinski definition) is 0. The highest BCUT2D eigenvalue weighted by Crippen LogP contribution is 2.15. The van der Waals surface area contributed by atoms with E-state index in [1.54, 1.807) is 0 Å². The maximum Gasteiger partial charge on any atom is -0.0351 e. The van der Waals surface area contributed by atoms with Crippen LogP contribution in [0.25, 0.3) is 0 Å². The van der Waals surface area contributed by atoms with Crippen molar-refractivity contribution in [2.24, 2.45) is 0 Å². The SMILES string of the molecule is [CH2]CCCCCC/C=C/CCCCCCCCCCCCCCCCCCCC[CH2]. The van der Waals surface area contributed by atoms with Crippen molar-refractivity contribution in [3.8, 4) is 0 Å². The van der Waals surface area contributed by atoms with Gasteiger partial charge < -0.3 is 0 Å². The Morgan fingerprint density at radius 1 is 0.267 bits per heavy atom. The molecule has 0 aromatic heterocycles. The predicted molar refractivity (Wildman–Crippen MR) is 140 cm³/mol. The molecule has 0 saturated heterocycles. The van der Waals surface area contributed by atoms with Gasteiger partial charge in [0.1, 0.15) is 0 Å². The van der Waals surface area contributed by atoms with Crippen LogP contribution in [0.15, 0.2) is 12.2 Å². The first-order chi connectivity index (χ1) is 14.9. The van der Waals surface area contributed by atoms with Gasteiger partial charge in [0, 0.05) is 0 Å². The molecule has 0 fully saturated rings. The molecule has 0 amide bonds. The fourth-order valence-electron chi connectivity index (χ4n) is 4.30. The molecule has 0 saturated carbocycles. The Bertz CT molecular complexity index is 303. The van der Waals surface area contributed by atoms with Crippen molar-refractivity contribution in [1.29, 1.82) is 0 Å². The van der Waals surface area contributed by atoms with Crippen LogP contribution in [-0.4, -0.2) is 0 Å². The van der Waals surface area contributed by atoms with Gasteiger partial charge in [0.25, 0.3) is 0 Å². The van der Waals surface area contributed by atoms with Gasteiger partial charge in [0.15, 0.2) is 0 Å². The molecule has 0 N–H and O–H groups in total. The Hall–Kier alpha value is -0.260. The molecule has 178 valence electrons. The van der Waals surface area contributed by atoms with Crippen molar-refractivity contribution in [3.63, 3.8) is 0 Å². The van der Waals surface area contributed by atoms with Crippen molar-refractivity contribution >= 4 is 0 Å². The van der Waals surface area contributed by atoms with Crippen LogP contribution in [0, 0.1) is 13.8 Å². The van der Waals surface area contributed by atoms with E-state index in [0.29, 0.717) is 0 Å². The first kappa shape index (κ1) is 29.7. The van der Waals surface area contributed by atoms with Crippen LogP contribution in [-0.2, 0) is 0 Å². The van der Waals surface area contributed by atoms with Gasteiger partial charge in [-0.1, -0.05) is 167 Å². The zero-order valence-corrected chi connectivity index (χ0v) is 21.0. The van der Waals surface area contributed by atoms with Crippen LogP contribution in [0.5, 0.6) is 0 Å². The van der Waals surface area contributed by atoms with Gasteiger partial charge in [-0.3, -0.25) is 0 Å². The van der Waals surface area contributed by atoms with E-state index in [9.17, 15) is 0 Å². The highest BCUT2D eigenvalue weighted by molar-refractivity contribution is 4.81. The molecule has 0 atom stereocenters. The molecule has 2 radical (unpaired) electrons. The highest BCUT2D eigenvalue weighted by atomic mass is 14.0. The summed E-state index contributed by atoms with van der Waals surface area (Å²) in [5.41, 5.74) is 0. The number of unbranched alkanes of at least 4 members (excludes halogenated alkanes) is 24. The minimum absolute atomic E-state index is 1.11. The third-order valence-electron chi connectivity index (χ3n) is 6.41. The summed E-state index contributed by atoms with van der Waals surface area (Å²) in [5, 5.41) is 0. The second-order valence-electron chi connectivity index (χ2n) is 9.53. The molecule has 0 aliphatic carbocycles. The Morgan fingerprint density at radius 3 is 0.700 bits per heavy atom. The van der Waals surface area contributed by atoms with Crippen molar-refractivity contribution in [2.75, 3.05) is 0 Å². The molecule has 0 aromatic carbocycles. The fourth-order valence-corrected chi connectivity index (χ4v) is 4.30. The van der Waals surface area contributed by atoms with Crippen molar-refractivity contribution in [3.05, 3.63) is 26.0 Å². The van der Waals surface area contributed by atoms with Crippen LogP contribution in [0.3, 0.4) is 0 Å². The molecule has 0 nitrogen and oxygen atoms in total. The van der Waals surface area contributed by atoms with Gasteiger partial charge in [0.2, 0.25) is 0 Å². The third-order valence-corrected chi connectivity index (χ3v) is 6.41. The largest absolute Gasteiger partial charge is 0.0885 e. The molecule has 0 heteroatoms. The fraction of sp³-hybridized carbons (Fsp3) is 0.867. The summed E-state index contributed by atoms with van der Waals surface area (Å²) in [6.07, 6.45) is 41.2. The van der Waals surface area contributed by atoms with Crippen molar-refractivity contribution in [1.82, 2.24) is 0 Å². The maximum atomic E-state index is 3.91. The summed E-state index contributed by atoms with van der Waals surface area (Å²) in [7, 11) is 0. The van der Waals surface area contributed by atoms with Crippen LogP contribution >= 0.6 is 0 Å². The summed E-state index contributed by atoms with van der Waals surface area (Å²) in [6.45, 7) is 7.82. The van der Waals surface area contributed by atoms with E-state index in [2.05, 4.69) is 26.0 Å². The third kappa shape index (κ3) is 27.7. The summed E-state index contributed by atoms with van der Waals surface area (Å²) >= 11 is 0. The van der Waals surface area contributed by atoms with Crippen LogP contribution in [0.4, 0.5) is 0 Å².